The molecule has 0 radical (unpaired) electrons. The summed E-state index contributed by atoms with van der Waals surface area (Å²) in [5, 5.41) is 0. The first-order chi connectivity index (χ1) is 6.93. The van der Waals surface area contributed by atoms with Crippen LogP contribution in [0.1, 0.15) is 12.5 Å². The third kappa shape index (κ3) is 2.79. The largest absolute Gasteiger partial charge is 0.320 e. The van der Waals surface area contributed by atoms with Crippen molar-refractivity contribution in [2.45, 2.75) is 19.9 Å². The van der Waals surface area contributed by atoms with Crippen molar-refractivity contribution in [2.24, 2.45) is 5.73 Å². The summed E-state index contributed by atoms with van der Waals surface area (Å²) in [5.41, 5.74) is 7.50. The molecule has 0 aliphatic heterocycles. The van der Waals surface area contributed by atoms with Gasteiger partial charge in [-0.3, -0.25) is 4.79 Å². The minimum atomic E-state index is -0.473. The SMILES string of the molecule is Cc1cc(N(C)C(=O)[C@@H](C)N)ccc1Br. The van der Waals surface area contributed by atoms with Crippen LogP contribution in [0, 0.1) is 6.92 Å². The number of carbonyl (C=O) groups is 1. The maximum Gasteiger partial charge on any atom is 0.243 e. The molecule has 0 aliphatic rings. The van der Waals surface area contributed by atoms with Crippen LogP contribution in [-0.2, 0) is 4.79 Å². The first kappa shape index (κ1) is 12.2. The predicted molar refractivity (Wildman–Crippen MR) is 65.9 cm³/mol. The van der Waals surface area contributed by atoms with E-state index in [2.05, 4.69) is 15.9 Å². The second-order valence-corrected chi connectivity index (χ2v) is 4.47. The minimum absolute atomic E-state index is 0.0864. The van der Waals surface area contributed by atoms with Gasteiger partial charge in [0.15, 0.2) is 0 Å². The Kier molecular flexibility index (Phi) is 3.88. The Hall–Kier alpha value is -0.870. The van der Waals surface area contributed by atoms with Crippen molar-refractivity contribution in [2.75, 3.05) is 11.9 Å². The van der Waals surface area contributed by atoms with Gasteiger partial charge in [0.25, 0.3) is 0 Å². The van der Waals surface area contributed by atoms with E-state index in [-0.39, 0.29) is 5.91 Å². The van der Waals surface area contributed by atoms with E-state index in [0.29, 0.717) is 0 Å². The van der Waals surface area contributed by atoms with E-state index in [1.165, 1.54) is 0 Å². The van der Waals surface area contributed by atoms with Gasteiger partial charge in [0.2, 0.25) is 5.91 Å². The molecule has 0 unspecified atom stereocenters. The van der Waals surface area contributed by atoms with Crippen LogP contribution in [0.5, 0.6) is 0 Å². The van der Waals surface area contributed by atoms with E-state index in [9.17, 15) is 4.79 Å². The molecule has 3 nitrogen and oxygen atoms in total. The average molecular weight is 271 g/mol. The summed E-state index contributed by atoms with van der Waals surface area (Å²) in [6, 6.07) is 5.29. The van der Waals surface area contributed by atoms with Crippen LogP contribution < -0.4 is 10.6 Å². The Balaban J connectivity index is 2.97. The molecule has 82 valence electrons. The Labute approximate surface area is 98.4 Å². The second-order valence-electron chi connectivity index (χ2n) is 3.62. The summed E-state index contributed by atoms with van der Waals surface area (Å²) < 4.78 is 1.04. The van der Waals surface area contributed by atoms with Crippen molar-refractivity contribution >= 4 is 27.5 Å². The molecule has 1 amide bonds. The first-order valence-electron chi connectivity index (χ1n) is 4.72. The number of benzene rings is 1. The highest BCUT2D eigenvalue weighted by molar-refractivity contribution is 9.10. The van der Waals surface area contributed by atoms with E-state index >= 15 is 0 Å². The summed E-state index contributed by atoms with van der Waals surface area (Å²) in [6.07, 6.45) is 0. The number of aryl methyl sites for hydroxylation is 1. The van der Waals surface area contributed by atoms with Crippen molar-refractivity contribution in [1.82, 2.24) is 0 Å². The number of nitrogens with two attached hydrogens (primary N) is 1. The van der Waals surface area contributed by atoms with Gasteiger partial charge in [-0.25, -0.2) is 0 Å². The third-order valence-corrected chi connectivity index (χ3v) is 3.14. The second kappa shape index (κ2) is 4.77. The fraction of sp³-hybridized carbons (Fsp3) is 0.364. The molecule has 1 aromatic carbocycles. The zero-order valence-corrected chi connectivity index (χ0v) is 10.7. The minimum Gasteiger partial charge on any atom is -0.320 e. The molecule has 0 fully saturated rings. The van der Waals surface area contributed by atoms with Gasteiger partial charge in [-0.15, -0.1) is 0 Å². The number of hydrogen-bond donors (Lipinski definition) is 1. The van der Waals surface area contributed by atoms with Crippen LogP contribution in [0.3, 0.4) is 0 Å². The molecule has 0 aromatic heterocycles. The Morgan fingerprint density at radius 3 is 2.60 bits per heavy atom. The molecular formula is C11H15BrN2O. The van der Waals surface area contributed by atoms with E-state index in [4.69, 9.17) is 5.73 Å². The molecule has 0 saturated heterocycles. The number of amides is 1. The molecule has 1 rings (SSSR count). The van der Waals surface area contributed by atoms with Crippen LogP contribution in [0.15, 0.2) is 22.7 Å². The zero-order chi connectivity index (χ0) is 11.6. The van der Waals surface area contributed by atoms with Gasteiger partial charge in [-0.05, 0) is 37.6 Å². The van der Waals surface area contributed by atoms with Crippen molar-refractivity contribution in [3.05, 3.63) is 28.2 Å². The van der Waals surface area contributed by atoms with Crippen molar-refractivity contribution in [1.29, 1.82) is 0 Å². The van der Waals surface area contributed by atoms with Gasteiger partial charge in [0.1, 0.15) is 0 Å². The average Bonchev–Trinajstić information content (AvgIpc) is 2.19. The van der Waals surface area contributed by atoms with Gasteiger partial charge in [-0.2, -0.15) is 0 Å². The lowest BCUT2D eigenvalue weighted by atomic mass is 10.2. The van der Waals surface area contributed by atoms with E-state index in [1.54, 1.807) is 18.9 Å². The fourth-order valence-corrected chi connectivity index (χ4v) is 1.52. The molecule has 0 bridgehead atoms. The molecule has 0 spiro atoms. The number of hydrogen-bond acceptors (Lipinski definition) is 2. The maximum absolute atomic E-state index is 11.6. The number of rotatable bonds is 2. The first-order valence-corrected chi connectivity index (χ1v) is 5.52. The molecule has 2 N–H and O–H groups in total. The number of nitrogens with zero attached hydrogens (tertiary/aromatic N) is 1. The summed E-state index contributed by atoms with van der Waals surface area (Å²) >= 11 is 3.42. The third-order valence-electron chi connectivity index (χ3n) is 2.25. The summed E-state index contributed by atoms with van der Waals surface area (Å²) in [7, 11) is 1.73. The van der Waals surface area contributed by atoms with Crippen LogP contribution in [0.25, 0.3) is 0 Å². The standard InChI is InChI=1S/C11H15BrN2O/c1-7-6-9(4-5-10(7)12)14(3)11(15)8(2)13/h4-6,8H,13H2,1-3H3/t8-/m1/s1. The topological polar surface area (TPSA) is 46.3 Å². The van der Waals surface area contributed by atoms with Gasteiger partial charge >= 0.3 is 0 Å². The summed E-state index contributed by atoms with van der Waals surface area (Å²) in [5.74, 6) is -0.0864. The van der Waals surface area contributed by atoms with Gasteiger partial charge in [0.05, 0.1) is 6.04 Å². The highest BCUT2D eigenvalue weighted by Gasteiger charge is 2.15. The lowest BCUT2D eigenvalue weighted by molar-refractivity contribution is -0.119. The molecule has 4 heteroatoms. The zero-order valence-electron chi connectivity index (χ0n) is 9.12. The number of halogens is 1. The maximum atomic E-state index is 11.6. The molecule has 15 heavy (non-hydrogen) atoms. The number of carbonyl (C=O) groups excluding carboxylic acids is 1. The predicted octanol–water partition coefficient (Wildman–Crippen LogP) is 2.07. The van der Waals surface area contributed by atoms with Crippen molar-refractivity contribution in [3.8, 4) is 0 Å². The highest BCUT2D eigenvalue weighted by Crippen LogP contribution is 2.22. The van der Waals surface area contributed by atoms with Gasteiger partial charge < -0.3 is 10.6 Å². The molecule has 0 aliphatic carbocycles. The molecular weight excluding hydrogens is 256 g/mol. The Morgan fingerprint density at radius 2 is 2.13 bits per heavy atom. The van der Waals surface area contributed by atoms with E-state index < -0.39 is 6.04 Å². The highest BCUT2D eigenvalue weighted by atomic mass is 79.9. The Bertz CT molecular complexity index is 377. The monoisotopic (exact) mass is 270 g/mol. The quantitative estimate of drug-likeness (QED) is 0.895. The fourth-order valence-electron chi connectivity index (χ4n) is 1.27. The van der Waals surface area contributed by atoms with E-state index in [0.717, 1.165) is 15.7 Å². The number of anilines is 1. The lowest BCUT2D eigenvalue weighted by Crippen LogP contribution is -2.39. The van der Waals surface area contributed by atoms with Crippen molar-refractivity contribution < 1.29 is 4.79 Å². The van der Waals surface area contributed by atoms with Crippen LogP contribution >= 0.6 is 15.9 Å². The lowest BCUT2D eigenvalue weighted by Gasteiger charge is -2.20. The molecule has 1 aromatic rings. The van der Waals surface area contributed by atoms with Crippen LogP contribution in [0.2, 0.25) is 0 Å². The summed E-state index contributed by atoms with van der Waals surface area (Å²) in [6.45, 7) is 3.67. The van der Waals surface area contributed by atoms with Crippen LogP contribution in [0.4, 0.5) is 5.69 Å². The summed E-state index contributed by atoms with van der Waals surface area (Å²) in [4.78, 5) is 13.2. The molecule has 0 heterocycles. The van der Waals surface area contributed by atoms with Crippen LogP contribution in [-0.4, -0.2) is 19.0 Å². The van der Waals surface area contributed by atoms with Gasteiger partial charge in [-0.1, -0.05) is 15.9 Å². The Morgan fingerprint density at radius 1 is 1.53 bits per heavy atom. The van der Waals surface area contributed by atoms with Gasteiger partial charge in [0, 0.05) is 17.2 Å². The molecule has 1 atom stereocenters. The van der Waals surface area contributed by atoms with Crippen molar-refractivity contribution in [3.63, 3.8) is 0 Å². The normalized spacial score (nSPS) is 12.3. The number of likely N-dealkylation sites (N-methyl/N-ethyl adjacent to an activating group) is 1. The molecule has 0 saturated carbocycles. The van der Waals surface area contributed by atoms with E-state index in [1.807, 2.05) is 25.1 Å². The smallest absolute Gasteiger partial charge is 0.243 e.